The molecular formula is C18H19NOS. The lowest BCUT2D eigenvalue weighted by molar-refractivity contribution is 0.515. The Morgan fingerprint density at radius 1 is 1.14 bits per heavy atom. The van der Waals surface area contributed by atoms with E-state index < -0.39 is 0 Å². The minimum absolute atomic E-state index is 0.853. The predicted molar refractivity (Wildman–Crippen MR) is 89.6 cm³/mol. The van der Waals surface area contributed by atoms with Crippen molar-refractivity contribution in [1.82, 2.24) is 4.90 Å². The topological polar surface area (TPSA) is 16.4 Å². The quantitative estimate of drug-likeness (QED) is 0.732. The van der Waals surface area contributed by atoms with Crippen molar-refractivity contribution in [1.29, 1.82) is 0 Å². The van der Waals surface area contributed by atoms with E-state index in [-0.39, 0.29) is 0 Å². The van der Waals surface area contributed by atoms with Crippen LogP contribution in [-0.4, -0.2) is 19.0 Å². The normalized spacial score (nSPS) is 15.8. The summed E-state index contributed by atoms with van der Waals surface area (Å²) in [6, 6.07) is 12.1. The molecule has 0 amide bonds. The van der Waals surface area contributed by atoms with E-state index in [0.717, 1.165) is 40.9 Å². The van der Waals surface area contributed by atoms with Crippen molar-refractivity contribution in [3.8, 4) is 11.3 Å². The van der Waals surface area contributed by atoms with E-state index in [1.807, 2.05) is 38.4 Å². The number of nitrogens with zero attached hydrogens (tertiary/aromatic N) is 1. The van der Waals surface area contributed by atoms with E-state index in [1.54, 1.807) is 0 Å². The van der Waals surface area contributed by atoms with Gasteiger partial charge in [0, 0.05) is 41.5 Å². The summed E-state index contributed by atoms with van der Waals surface area (Å²) in [7, 11) is 4.08. The van der Waals surface area contributed by atoms with Gasteiger partial charge in [0.15, 0.2) is 0 Å². The summed E-state index contributed by atoms with van der Waals surface area (Å²) in [6.07, 6.45) is 5.33. The number of hydrogen-bond acceptors (Lipinski definition) is 3. The molecule has 0 atom stereocenters. The second-order valence-electron chi connectivity index (χ2n) is 5.62. The maximum absolute atomic E-state index is 6.22. The third kappa shape index (κ3) is 2.93. The van der Waals surface area contributed by atoms with E-state index in [9.17, 15) is 0 Å². The van der Waals surface area contributed by atoms with Crippen molar-refractivity contribution in [3.63, 3.8) is 0 Å². The zero-order valence-electron chi connectivity index (χ0n) is 12.4. The molecule has 2 aromatic rings. The molecule has 0 saturated carbocycles. The summed E-state index contributed by atoms with van der Waals surface area (Å²) >= 11 is 5.59. The maximum Gasteiger partial charge on any atom is 0.136 e. The Hall–Kier alpha value is -1.87. The fraction of sp³-hybridized carbons (Fsp3) is 0.278. The molecule has 0 fully saturated rings. The first kappa shape index (κ1) is 14.1. The van der Waals surface area contributed by atoms with Gasteiger partial charge in [-0.25, -0.2) is 0 Å². The van der Waals surface area contributed by atoms with Gasteiger partial charge in [0.2, 0.25) is 0 Å². The minimum atomic E-state index is 0.853. The maximum atomic E-state index is 6.22. The summed E-state index contributed by atoms with van der Waals surface area (Å²) in [5.41, 5.74) is 3.50. The molecule has 1 heterocycles. The second kappa shape index (κ2) is 5.86. The van der Waals surface area contributed by atoms with E-state index in [2.05, 4.69) is 23.2 Å². The molecule has 108 valence electrons. The Kier molecular flexibility index (Phi) is 3.93. The van der Waals surface area contributed by atoms with Gasteiger partial charge in [0.05, 0.1) is 0 Å². The lowest BCUT2D eigenvalue weighted by atomic mass is 9.92. The van der Waals surface area contributed by atoms with Gasteiger partial charge in [0.1, 0.15) is 11.5 Å². The second-order valence-corrected chi connectivity index (χ2v) is 6.06. The Morgan fingerprint density at radius 3 is 2.62 bits per heavy atom. The van der Waals surface area contributed by atoms with Crippen molar-refractivity contribution in [2.75, 3.05) is 14.1 Å². The first-order valence-corrected chi connectivity index (χ1v) is 7.66. The van der Waals surface area contributed by atoms with Crippen LogP contribution in [0.2, 0.25) is 0 Å². The highest BCUT2D eigenvalue weighted by Crippen LogP contribution is 2.35. The minimum Gasteiger partial charge on any atom is -0.456 e. The number of fused-ring (bicyclic) bond motifs is 1. The largest absolute Gasteiger partial charge is 0.456 e. The smallest absolute Gasteiger partial charge is 0.136 e. The molecule has 1 aromatic carbocycles. The van der Waals surface area contributed by atoms with Crippen molar-refractivity contribution >= 4 is 17.8 Å². The highest BCUT2D eigenvalue weighted by molar-refractivity contribution is 7.71. The predicted octanol–water partition coefficient (Wildman–Crippen LogP) is 4.91. The first-order valence-electron chi connectivity index (χ1n) is 7.25. The molecule has 1 aliphatic carbocycles. The van der Waals surface area contributed by atoms with Crippen LogP contribution < -0.4 is 0 Å². The molecule has 3 heteroatoms. The molecule has 1 aliphatic rings. The van der Waals surface area contributed by atoms with Gasteiger partial charge in [0.25, 0.3) is 0 Å². The Bertz CT molecular complexity index is 729. The van der Waals surface area contributed by atoms with Crippen molar-refractivity contribution in [2.45, 2.75) is 19.3 Å². The standard InChI is InChI=1S/C18H19NOS/c1-19(2)12-14-9-6-10-15-17(21)11-16(20-18(14)15)13-7-4-3-5-8-13/h3-5,7-8,11-12H,6,9-10H2,1-2H3. The van der Waals surface area contributed by atoms with Crippen LogP contribution in [0.5, 0.6) is 0 Å². The van der Waals surface area contributed by atoms with E-state index in [0.29, 0.717) is 0 Å². The monoisotopic (exact) mass is 297 g/mol. The number of allylic oxidation sites excluding steroid dienone is 1. The molecule has 0 radical (unpaired) electrons. The van der Waals surface area contributed by atoms with Gasteiger partial charge in [-0.3, -0.25) is 0 Å². The van der Waals surface area contributed by atoms with Crippen LogP contribution in [-0.2, 0) is 6.42 Å². The van der Waals surface area contributed by atoms with Crippen LogP contribution >= 0.6 is 12.2 Å². The fourth-order valence-electron chi connectivity index (χ4n) is 2.76. The molecule has 3 rings (SSSR count). The molecule has 2 nitrogen and oxygen atoms in total. The summed E-state index contributed by atoms with van der Waals surface area (Å²) in [6.45, 7) is 0. The molecule has 0 aliphatic heterocycles. The van der Waals surface area contributed by atoms with E-state index >= 15 is 0 Å². The molecular weight excluding hydrogens is 278 g/mol. The fourth-order valence-corrected chi connectivity index (χ4v) is 3.07. The van der Waals surface area contributed by atoms with Crippen molar-refractivity contribution in [2.24, 2.45) is 0 Å². The summed E-state index contributed by atoms with van der Waals surface area (Å²) < 4.78 is 7.13. The average Bonchev–Trinajstić information content (AvgIpc) is 2.48. The molecule has 0 unspecified atom stereocenters. The number of hydrogen-bond donors (Lipinski definition) is 0. The van der Waals surface area contributed by atoms with Gasteiger partial charge in [-0.2, -0.15) is 0 Å². The van der Waals surface area contributed by atoms with Gasteiger partial charge < -0.3 is 9.32 Å². The highest BCUT2D eigenvalue weighted by atomic mass is 32.1. The Balaban J connectivity index is 2.17. The number of benzene rings is 1. The van der Waals surface area contributed by atoms with Crippen LogP contribution in [0.4, 0.5) is 0 Å². The zero-order valence-corrected chi connectivity index (χ0v) is 13.2. The van der Waals surface area contributed by atoms with Gasteiger partial charge in [-0.1, -0.05) is 42.5 Å². The van der Waals surface area contributed by atoms with Gasteiger partial charge in [-0.15, -0.1) is 0 Å². The first-order chi connectivity index (χ1) is 10.1. The van der Waals surface area contributed by atoms with E-state index in [1.165, 1.54) is 11.1 Å². The molecule has 21 heavy (non-hydrogen) atoms. The van der Waals surface area contributed by atoms with Crippen LogP contribution in [0.3, 0.4) is 0 Å². The lowest BCUT2D eigenvalue weighted by Gasteiger charge is -2.20. The average molecular weight is 297 g/mol. The molecule has 0 bridgehead atoms. The molecule has 0 N–H and O–H groups in total. The SMILES string of the molecule is CN(C)C=C1CCCc2c1oc(-c1ccccc1)cc2=S. The van der Waals surface area contributed by atoms with Gasteiger partial charge in [-0.05, 0) is 25.3 Å². The van der Waals surface area contributed by atoms with Crippen LogP contribution in [0.15, 0.2) is 47.0 Å². The van der Waals surface area contributed by atoms with Crippen LogP contribution in [0, 0.1) is 4.51 Å². The van der Waals surface area contributed by atoms with Crippen molar-refractivity contribution in [3.05, 3.63) is 58.4 Å². The zero-order chi connectivity index (χ0) is 14.8. The Morgan fingerprint density at radius 2 is 1.90 bits per heavy atom. The third-order valence-electron chi connectivity index (χ3n) is 3.68. The number of rotatable bonds is 2. The third-order valence-corrected chi connectivity index (χ3v) is 4.05. The van der Waals surface area contributed by atoms with Crippen LogP contribution in [0.25, 0.3) is 16.9 Å². The van der Waals surface area contributed by atoms with Gasteiger partial charge >= 0.3 is 0 Å². The molecule has 0 spiro atoms. The van der Waals surface area contributed by atoms with Crippen molar-refractivity contribution < 1.29 is 4.42 Å². The summed E-state index contributed by atoms with van der Waals surface area (Å²) in [5.74, 6) is 1.83. The molecule has 0 saturated heterocycles. The summed E-state index contributed by atoms with van der Waals surface area (Å²) in [4.78, 5) is 2.07. The Labute approximate surface area is 130 Å². The lowest BCUT2D eigenvalue weighted by Crippen LogP contribution is -2.08. The summed E-state index contributed by atoms with van der Waals surface area (Å²) in [5, 5.41) is 0. The van der Waals surface area contributed by atoms with E-state index in [4.69, 9.17) is 16.6 Å². The van der Waals surface area contributed by atoms with Crippen LogP contribution in [0.1, 0.15) is 24.2 Å². The highest BCUT2D eigenvalue weighted by Gasteiger charge is 2.19. The molecule has 1 aromatic heterocycles.